The van der Waals surface area contributed by atoms with E-state index in [-0.39, 0.29) is 36.2 Å². The summed E-state index contributed by atoms with van der Waals surface area (Å²) in [5.41, 5.74) is 0. The first-order valence-electron chi connectivity index (χ1n) is 21.5. The Morgan fingerprint density at radius 3 is 1.47 bits per heavy atom. The van der Waals surface area contributed by atoms with Crippen molar-refractivity contribution in [1.82, 2.24) is 0 Å². The smallest absolute Gasteiger partial charge is 0.362 e. The predicted molar refractivity (Wildman–Crippen MR) is 220 cm³/mol. The second-order valence-corrected chi connectivity index (χ2v) is 15.6. The number of hydrogen-bond donors (Lipinski definition) is 1. The fourth-order valence-corrected chi connectivity index (χ4v) is 6.11. The lowest BCUT2D eigenvalue weighted by atomic mass is 10.1. The largest absolute Gasteiger partial charge is 0.477 e. The van der Waals surface area contributed by atoms with Gasteiger partial charge in [0.05, 0.1) is 34.4 Å². The highest BCUT2D eigenvalue weighted by Gasteiger charge is 2.31. The SMILES string of the molecule is CCCCC/C=C\C/C=C\CCCCCCCCCC(=O)OC(COCCC(C(=O)O)[N+](C)(C)C)COC(=O)CCCCCCC/C=C\CCCCC. The highest BCUT2D eigenvalue weighted by atomic mass is 16.6. The molecule has 0 aliphatic rings. The summed E-state index contributed by atoms with van der Waals surface area (Å²) in [5, 5.41) is 9.60. The number of carboxylic acids is 1. The molecular weight excluding hydrogens is 666 g/mol. The van der Waals surface area contributed by atoms with E-state index >= 15 is 0 Å². The van der Waals surface area contributed by atoms with Crippen molar-refractivity contribution in [3.8, 4) is 0 Å². The summed E-state index contributed by atoms with van der Waals surface area (Å²) in [7, 11) is 5.52. The molecule has 0 spiro atoms. The van der Waals surface area contributed by atoms with Crippen LogP contribution in [0.25, 0.3) is 0 Å². The van der Waals surface area contributed by atoms with E-state index in [9.17, 15) is 19.5 Å². The van der Waals surface area contributed by atoms with Gasteiger partial charge in [-0.25, -0.2) is 4.79 Å². The Bertz CT molecular complexity index is 968. The Morgan fingerprint density at radius 1 is 0.566 bits per heavy atom. The molecule has 0 bridgehead atoms. The van der Waals surface area contributed by atoms with E-state index in [0.29, 0.717) is 19.3 Å². The van der Waals surface area contributed by atoms with Crippen molar-refractivity contribution in [3.05, 3.63) is 36.5 Å². The fourth-order valence-electron chi connectivity index (χ4n) is 6.11. The molecule has 0 aliphatic heterocycles. The normalized spacial score (nSPS) is 13.3. The Balaban J connectivity index is 4.37. The molecule has 0 aromatic carbocycles. The highest BCUT2D eigenvalue weighted by molar-refractivity contribution is 5.72. The molecule has 0 aromatic rings. The lowest BCUT2D eigenvalue weighted by Gasteiger charge is -2.31. The van der Waals surface area contributed by atoms with Gasteiger partial charge in [0.2, 0.25) is 0 Å². The standard InChI is InChI=1S/C45H81NO7/c1-6-8-10-12-14-16-18-20-21-22-23-24-26-28-30-32-34-36-44(48)53-41(39-51-38-37-42(45(49)50)46(3,4)5)40-52-43(47)35-33-31-29-27-25-19-17-15-13-11-9-7-2/h14-17,20-21,41-42H,6-13,18-19,22-40H2,1-5H3/p+1/b16-14-,17-15-,21-20-. The maximum Gasteiger partial charge on any atom is 0.362 e. The highest BCUT2D eigenvalue weighted by Crippen LogP contribution is 2.14. The van der Waals surface area contributed by atoms with Crippen molar-refractivity contribution in [2.24, 2.45) is 0 Å². The number of allylic oxidation sites excluding steroid dienone is 6. The first-order chi connectivity index (χ1) is 25.6. The summed E-state index contributed by atoms with van der Waals surface area (Å²) < 4.78 is 17.2. The molecule has 0 amide bonds. The molecule has 53 heavy (non-hydrogen) atoms. The van der Waals surface area contributed by atoms with Gasteiger partial charge >= 0.3 is 17.9 Å². The fraction of sp³-hybridized carbons (Fsp3) is 0.800. The second-order valence-electron chi connectivity index (χ2n) is 15.6. The minimum atomic E-state index is -0.878. The maximum atomic E-state index is 12.7. The van der Waals surface area contributed by atoms with E-state index in [2.05, 4.69) is 50.3 Å². The molecule has 8 nitrogen and oxygen atoms in total. The van der Waals surface area contributed by atoms with Gasteiger partial charge in [-0.3, -0.25) is 9.59 Å². The van der Waals surface area contributed by atoms with E-state index in [1.54, 1.807) is 0 Å². The lowest BCUT2D eigenvalue weighted by Crippen LogP contribution is -2.50. The number of carbonyl (C=O) groups is 3. The zero-order valence-corrected chi connectivity index (χ0v) is 35.0. The minimum absolute atomic E-state index is 0.0560. The summed E-state index contributed by atoms with van der Waals surface area (Å²) in [6.45, 7) is 4.67. The number of ether oxygens (including phenoxy) is 3. The molecule has 1 N–H and O–H groups in total. The Morgan fingerprint density at radius 2 is 1.00 bits per heavy atom. The number of rotatable bonds is 38. The van der Waals surface area contributed by atoms with Crippen LogP contribution in [0.4, 0.5) is 0 Å². The van der Waals surface area contributed by atoms with Gasteiger partial charge < -0.3 is 23.8 Å². The maximum absolute atomic E-state index is 12.7. The van der Waals surface area contributed by atoms with Gasteiger partial charge in [-0.15, -0.1) is 0 Å². The average Bonchev–Trinajstić information content (AvgIpc) is 3.11. The third-order valence-electron chi connectivity index (χ3n) is 9.51. The van der Waals surface area contributed by atoms with Gasteiger partial charge in [0.25, 0.3) is 0 Å². The van der Waals surface area contributed by atoms with Crippen molar-refractivity contribution >= 4 is 17.9 Å². The van der Waals surface area contributed by atoms with Crippen LogP contribution in [0, 0.1) is 0 Å². The predicted octanol–water partition coefficient (Wildman–Crippen LogP) is 11.5. The first kappa shape index (κ1) is 50.5. The molecule has 0 aromatic heterocycles. The molecule has 0 saturated heterocycles. The molecule has 2 unspecified atom stereocenters. The molecule has 308 valence electrons. The zero-order chi connectivity index (χ0) is 39.3. The van der Waals surface area contributed by atoms with Crippen LogP contribution < -0.4 is 0 Å². The molecular formula is C45H82NO7+. The third-order valence-corrected chi connectivity index (χ3v) is 9.51. The first-order valence-corrected chi connectivity index (χ1v) is 21.5. The van der Waals surface area contributed by atoms with E-state index < -0.39 is 18.1 Å². The molecule has 0 heterocycles. The summed E-state index contributed by atoms with van der Waals surface area (Å²) in [5.74, 6) is -1.49. The third kappa shape index (κ3) is 35.0. The zero-order valence-electron chi connectivity index (χ0n) is 35.0. The Hall–Kier alpha value is -2.45. The van der Waals surface area contributed by atoms with Crippen LogP contribution in [0.2, 0.25) is 0 Å². The van der Waals surface area contributed by atoms with Crippen LogP contribution in [0.15, 0.2) is 36.5 Å². The van der Waals surface area contributed by atoms with Crippen molar-refractivity contribution in [2.45, 2.75) is 193 Å². The van der Waals surface area contributed by atoms with Crippen molar-refractivity contribution in [2.75, 3.05) is 41.0 Å². The van der Waals surface area contributed by atoms with Gasteiger partial charge in [-0.05, 0) is 70.6 Å². The number of likely N-dealkylation sites (N-methyl/N-ethyl adjacent to an activating group) is 1. The van der Waals surface area contributed by atoms with Crippen LogP contribution in [-0.2, 0) is 28.6 Å². The van der Waals surface area contributed by atoms with Crippen molar-refractivity contribution in [3.63, 3.8) is 0 Å². The van der Waals surface area contributed by atoms with E-state index in [0.717, 1.165) is 64.2 Å². The van der Waals surface area contributed by atoms with Crippen molar-refractivity contribution < 1.29 is 38.2 Å². The van der Waals surface area contributed by atoms with E-state index in [1.165, 1.54) is 83.5 Å². The van der Waals surface area contributed by atoms with Crippen LogP contribution in [0.1, 0.15) is 181 Å². The van der Waals surface area contributed by atoms with Crippen LogP contribution in [-0.4, -0.2) is 80.6 Å². The van der Waals surface area contributed by atoms with Crippen LogP contribution >= 0.6 is 0 Å². The molecule has 8 heteroatoms. The number of esters is 2. The molecule has 2 atom stereocenters. The van der Waals surface area contributed by atoms with E-state index in [1.807, 2.05) is 21.1 Å². The molecule has 0 rings (SSSR count). The monoisotopic (exact) mass is 749 g/mol. The molecule has 0 aliphatic carbocycles. The average molecular weight is 749 g/mol. The van der Waals surface area contributed by atoms with Gasteiger partial charge in [0.15, 0.2) is 12.1 Å². The van der Waals surface area contributed by atoms with Crippen molar-refractivity contribution in [1.29, 1.82) is 0 Å². The van der Waals surface area contributed by atoms with Gasteiger partial charge in [-0.1, -0.05) is 127 Å². The van der Waals surface area contributed by atoms with Crippen LogP contribution in [0.3, 0.4) is 0 Å². The second kappa shape index (κ2) is 36.5. The number of quaternary nitrogens is 1. The van der Waals surface area contributed by atoms with E-state index in [4.69, 9.17) is 14.2 Å². The number of carboxylic acid groups (broad SMARTS) is 1. The topological polar surface area (TPSA) is 99.1 Å². The minimum Gasteiger partial charge on any atom is -0.477 e. The number of hydrogen-bond acceptors (Lipinski definition) is 6. The van der Waals surface area contributed by atoms with Gasteiger partial charge in [0.1, 0.15) is 6.61 Å². The van der Waals surface area contributed by atoms with Crippen LogP contribution in [0.5, 0.6) is 0 Å². The summed E-state index contributed by atoms with van der Waals surface area (Å²) in [6.07, 6.45) is 40.3. The molecule has 0 radical (unpaired) electrons. The Kier molecular flexibility index (Phi) is 34.8. The lowest BCUT2D eigenvalue weighted by molar-refractivity contribution is -0.887. The van der Waals surface area contributed by atoms with Gasteiger partial charge in [-0.2, -0.15) is 0 Å². The number of unbranched alkanes of at least 4 members (excludes halogenated alkanes) is 18. The summed E-state index contributed by atoms with van der Waals surface area (Å²) in [4.78, 5) is 36.9. The molecule has 0 saturated carbocycles. The number of carbonyl (C=O) groups excluding carboxylic acids is 2. The quantitative estimate of drug-likeness (QED) is 0.0290. The summed E-state index contributed by atoms with van der Waals surface area (Å²) >= 11 is 0. The van der Waals surface area contributed by atoms with Gasteiger partial charge in [0, 0.05) is 19.3 Å². The number of aliphatic carboxylic acids is 1. The molecule has 0 fully saturated rings. The Labute approximate surface area is 325 Å². The summed E-state index contributed by atoms with van der Waals surface area (Å²) in [6, 6.07) is -0.616. The number of nitrogens with zero attached hydrogens (tertiary/aromatic N) is 1.